The Balaban J connectivity index is 0.00000768. The number of hydrogen-bond acceptors (Lipinski definition) is 8. The van der Waals surface area contributed by atoms with Crippen molar-refractivity contribution in [2.45, 2.75) is 123 Å². The third-order valence-electron chi connectivity index (χ3n) is 8.65. The summed E-state index contributed by atoms with van der Waals surface area (Å²) in [6.07, 6.45) is 4.58. The van der Waals surface area contributed by atoms with Crippen molar-refractivity contribution in [3.8, 4) is 0 Å². The molecule has 0 bridgehead atoms. The maximum absolute atomic E-state index is 14.4. The number of aromatic nitrogens is 1. The maximum atomic E-state index is 14.4. The summed E-state index contributed by atoms with van der Waals surface area (Å²) in [6.45, 7) is 11.5. The Hall–Kier alpha value is -2.93. The van der Waals surface area contributed by atoms with Gasteiger partial charge in [0, 0.05) is 23.7 Å². The molecule has 0 aliphatic carbocycles. The number of nitrogens with two attached hydrogens (primary N) is 1. The van der Waals surface area contributed by atoms with Gasteiger partial charge in [0.25, 0.3) is 5.91 Å². The van der Waals surface area contributed by atoms with Gasteiger partial charge >= 0.3 is 41.7 Å². The number of nitrogens with one attached hydrogen (secondary N) is 1. The van der Waals surface area contributed by atoms with Crippen LogP contribution in [0.4, 0.5) is 9.59 Å². The minimum atomic E-state index is -1.59. The number of methoxy groups -OCH3 is 1. The van der Waals surface area contributed by atoms with Crippen LogP contribution in [0.3, 0.4) is 0 Å². The van der Waals surface area contributed by atoms with Gasteiger partial charge in [0.05, 0.1) is 30.7 Å². The number of amides is 4. The Morgan fingerprint density at radius 1 is 1.09 bits per heavy atom. The summed E-state index contributed by atoms with van der Waals surface area (Å²) in [6, 6.07) is 2.35. The average Bonchev–Trinajstić information content (AvgIpc) is 3.35. The molecule has 1 saturated heterocycles. The van der Waals surface area contributed by atoms with Crippen molar-refractivity contribution in [2.75, 3.05) is 7.11 Å². The number of aliphatic carboxylic acids is 1. The molecule has 3 rings (SSSR count). The number of carbonyl (C=O) groups is 5. The van der Waals surface area contributed by atoms with Gasteiger partial charge in [-0.05, 0) is 69.4 Å². The number of fused-ring (bicyclic) bond motifs is 1. The molecule has 0 saturated carbocycles. The van der Waals surface area contributed by atoms with Gasteiger partial charge < -0.3 is 30.6 Å². The van der Waals surface area contributed by atoms with Crippen molar-refractivity contribution in [2.24, 2.45) is 11.1 Å². The number of likely N-dealkylation sites (tertiary alicyclic amines) is 1. The third kappa shape index (κ3) is 10.0. The van der Waals surface area contributed by atoms with Gasteiger partial charge in [0.1, 0.15) is 6.04 Å². The molecule has 1 fully saturated rings. The molecule has 2 heterocycles. The zero-order valence-corrected chi connectivity index (χ0v) is 31.2. The predicted octanol–water partition coefficient (Wildman–Crippen LogP) is 0.571. The zero-order chi connectivity index (χ0) is 34.3. The van der Waals surface area contributed by atoms with E-state index in [9.17, 15) is 29.1 Å². The normalized spacial score (nSPS) is 18.4. The molecule has 47 heavy (non-hydrogen) atoms. The molecule has 5 atom stereocenters. The number of imide groups is 1. The molecule has 0 radical (unpaired) electrons. The summed E-state index contributed by atoms with van der Waals surface area (Å²) in [5.41, 5.74) is 7.08. The van der Waals surface area contributed by atoms with Crippen LogP contribution in [0.25, 0.3) is 10.9 Å². The van der Waals surface area contributed by atoms with Gasteiger partial charge in [-0.15, -0.1) is 0 Å². The monoisotopic (exact) mass is 663 g/mol. The molecule has 12 nitrogen and oxygen atoms in total. The zero-order valence-electron chi connectivity index (χ0n) is 29.2. The van der Waals surface area contributed by atoms with Crippen molar-refractivity contribution < 1.29 is 63.4 Å². The van der Waals surface area contributed by atoms with E-state index in [4.69, 9.17) is 10.5 Å². The number of para-hydroxylation sites is 1. The Kier molecular flexibility index (Phi) is 15.0. The molecule has 3 N–H and O–H groups in total. The smallest absolute Gasteiger partial charge is 0.548 e. The molecular weight excluding hydrogens is 613 g/mol. The first-order valence-corrected chi connectivity index (χ1v) is 16.2. The van der Waals surface area contributed by atoms with Crippen molar-refractivity contribution in [1.82, 2.24) is 19.7 Å². The Morgan fingerprint density at radius 3 is 2.26 bits per heavy atom. The van der Waals surface area contributed by atoms with Crippen LogP contribution in [-0.2, 0) is 25.5 Å². The van der Waals surface area contributed by atoms with Crippen LogP contribution in [-0.4, -0.2) is 81.6 Å². The number of piperidine rings is 1. The van der Waals surface area contributed by atoms with E-state index in [2.05, 4.69) is 5.32 Å². The Labute approximate surface area is 300 Å². The number of urea groups is 1. The number of hydrogen-bond donors (Lipinski definition) is 2. The first kappa shape index (κ1) is 40.2. The molecule has 2 aromatic rings. The van der Waals surface area contributed by atoms with E-state index in [1.807, 2.05) is 41.5 Å². The molecular formula is C34H50N5NaO7. The largest absolute Gasteiger partial charge is 1.00 e. The fourth-order valence-corrected chi connectivity index (χ4v) is 6.36. The number of carbonyl (C=O) groups excluding carboxylic acids is 5. The second-order valence-corrected chi connectivity index (χ2v) is 13.6. The summed E-state index contributed by atoms with van der Waals surface area (Å²) in [7, 11) is 1.26. The summed E-state index contributed by atoms with van der Waals surface area (Å²) >= 11 is 0. The molecule has 1 aliphatic rings. The SMILES string of the molecule is CCCCC(C(=O)[O-])N(C(=O)C(N)Cc1cn(C(=O)OC)c2ccccc12)C(=O)C(CC(C)(C)C)NC(=O)N1C(C)CCCC1C.[Na+]. The Bertz CT molecular complexity index is 1410. The van der Waals surface area contributed by atoms with Crippen LogP contribution < -0.4 is 45.7 Å². The first-order chi connectivity index (χ1) is 21.6. The fourth-order valence-electron chi connectivity index (χ4n) is 6.36. The van der Waals surface area contributed by atoms with Crippen LogP contribution in [0.2, 0.25) is 0 Å². The Morgan fingerprint density at radius 2 is 1.70 bits per heavy atom. The molecule has 1 aromatic carbocycles. The maximum Gasteiger partial charge on any atom is 1.00 e. The van der Waals surface area contributed by atoms with E-state index in [-0.39, 0.29) is 60.9 Å². The third-order valence-corrected chi connectivity index (χ3v) is 8.65. The van der Waals surface area contributed by atoms with Crippen molar-refractivity contribution in [1.29, 1.82) is 0 Å². The molecule has 13 heteroatoms. The average molecular weight is 664 g/mol. The van der Waals surface area contributed by atoms with Crippen LogP contribution in [0.15, 0.2) is 30.5 Å². The minimum Gasteiger partial charge on any atom is -0.548 e. The van der Waals surface area contributed by atoms with E-state index in [1.54, 1.807) is 29.2 Å². The van der Waals surface area contributed by atoms with Gasteiger partial charge in [-0.1, -0.05) is 58.7 Å². The fraction of sp³-hybridized carbons (Fsp3) is 0.618. The van der Waals surface area contributed by atoms with E-state index >= 15 is 0 Å². The number of ether oxygens (including phenoxy) is 1. The summed E-state index contributed by atoms with van der Waals surface area (Å²) in [5.74, 6) is -3.33. The second kappa shape index (κ2) is 17.5. The van der Waals surface area contributed by atoms with Crippen molar-refractivity contribution in [3.63, 3.8) is 0 Å². The molecule has 1 aliphatic heterocycles. The van der Waals surface area contributed by atoms with Crippen LogP contribution in [0.1, 0.15) is 92.1 Å². The predicted molar refractivity (Wildman–Crippen MR) is 173 cm³/mol. The second-order valence-electron chi connectivity index (χ2n) is 13.6. The summed E-state index contributed by atoms with van der Waals surface area (Å²) in [5, 5.41) is 16.0. The van der Waals surface area contributed by atoms with Crippen LogP contribution in [0.5, 0.6) is 0 Å². The van der Waals surface area contributed by atoms with Crippen molar-refractivity contribution >= 4 is 40.8 Å². The van der Waals surface area contributed by atoms with Gasteiger partial charge in [-0.2, -0.15) is 0 Å². The van der Waals surface area contributed by atoms with E-state index in [0.29, 0.717) is 34.2 Å². The summed E-state index contributed by atoms with van der Waals surface area (Å²) < 4.78 is 6.19. The standard InChI is InChI=1S/C34H51N5O7.Na/c1-8-9-16-28(31(42)43)39(29(40)25(35)18-23-20-37(33(45)46-7)27-17-11-10-15-24(23)27)30(41)26(19-34(4,5)6)36-32(44)38-21(2)13-12-14-22(38)3;/h10-11,15,17,20-22,25-26,28H,8-9,12-14,16,18-19,35H2,1-7H3,(H,36,44)(H,42,43);/q;+1/p-1. The minimum absolute atomic E-state index is 0. The van der Waals surface area contributed by atoms with E-state index in [0.717, 1.165) is 19.3 Å². The molecule has 1 aromatic heterocycles. The van der Waals surface area contributed by atoms with Gasteiger partial charge in [0.2, 0.25) is 5.91 Å². The van der Waals surface area contributed by atoms with Crippen molar-refractivity contribution in [3.05, 3.63) is 36.0 Å². The number of nitrogens with zero attached hydrogens (tertiary/aromatic N) is 3. The van der Waals surface area contributed by atoms with Gasteiger partial charge in [0.15, 0.2) is 0 Å². The number of carboxylic acids is 1. The number of benzene rings is 1. The van der Waals surface area contributed by atoms with Crippen LogP contribution in [0, 0.1) is 5.41 Å². The number of rotatable bonds is 11. The van der Waals surface area contributed by atoms with E-state index < -0.39 is 53.4 Å². The van der Waals surface area contributed by atoms with E-state index in [1.165, 1.54) is 17.9 Å². The van der Waals surface area contributed by atoms with Crippen LogP contribution >= 0.6 is 0 Å². The molecule has 0 spiro atoms. The first-order valence-electron chi connectivity index (χ1n) is 16.2. The molecule has 5 unspecified atom stereocenters. The van der Waals surface area contributed by atoms with Gasteiger partial charge in [-0.3, -0.25) is 19.1 Å². The quantitative estimate of drug-likeness (QED) is 0.329. The number of carboxylic acid groups (broad SMARTS) is 1. The van der Waals surface area contributed by atoms with Gasteiger partial charge in [-0.25, -0.2) is 9.59 Å². The molecule has 4 amide bonds. The number of unbranched alkanes of at least 4 members (excludes halogenated alkanes) is 1. The summed E-state index contributed by atoms with van der Waals surface area (Å²) in [4.78, 5) is 69.6. The molecule has 254 valence electrons. The topological polar surface area (TPSA) is 167 Å².